The van der Waals surface area contributed by atoms with Crippen molar-refractivity contribution in [1.82, 2.24) is 4.90 Å². The Hall–Kier alpha value is -1.46. The van der Waals surface area contributed by atoms with E-state index in [1.54, 1.807) is 6.07 Å². The van der Waals surface area contributed by atoms with E-state index in [-0.39, 0.29) is 5.82 Å². The third-order valence-corrected chi connectivity index (χ3v) is 3.72. The fourth-order valence-corrected chi connectivity index (χ4v) is 2.75. The fraction of sp³-hybridized carbons (Fsp3) is 0.200. The van der Waals surface area contributed by atoms with E-state index in [1.165, 1.54) is 30.0 Å². The van der Waals surface area contributed by atoms with Gasteiger partial charge in [-0.25, -0.2) is 13.2 Å². The monoisotopic (exact) mass is 297 g/mol. The lowest BCUT2D eigenvalue weighted by Gasteiger charge is -2.14. The molecule has 106 valence electrons. The molecule has 0 aliphatic rings. The standard InChI is InChI=1S/C15H14F3NS/c1-19(2)9-10-3-4-11(16)7-15(10)20-12-5-6-13(17)14(18)8-12/h3-8H,9H2,1-2H3. The summed E-state index contributed by atoms with van der Waals surface area (Å²) in [4.78, 5) is 3.20. The number of hydrogen-bond donors (Lipinski definition) is 0. The van der Waals surface area contributed by atoms with Gasteiger partial charge in [-0.05, 0) is 50.0 Å². The summed E-state index contributed by atoms with van der Waals surface area (Å²) in [5.74, 6) is -2.14. The van der Waals surface area contributed by atoms with Crippen LogP contribution >= 0.6 is 11.8 Å². The molecule has 2 aromatic carbocycles. The molecule has 1 nitrogen and oxygen atoms in total. The highest BCUT2D eigenvalue weighted by atomic mass is 32.2. The lowest BCUT2D eigenvalue weighted by Crippen LogP contribution is -2.11. The van der Waals surface area contributed by atoms with E-state index in [9.17, 15) is 13.2 Å². The zero-order valence-electron chi connectivity index (χ0n) is 11.2. The smallest absolute Gasteiger partial charge is 0.159 e. The summed E-state index contributed by atoms with van der Waals surface area (Å²) in [6, 6.07) is 8.18. The molecular formula is C15H14F3NS. The Morgan fingerprint density at radius 1 is 0.950 bits per heavy atom. The lowest BCUT2D eigenvalue weighted by atomic mass is 10.2. The minimum atomic E-state index is -0.902. The van der Waals surface area contributed by atoms with Crippen molar-refractivity contribution < 1.29 is 13.2 Å². The van der Waals surface area contributed by atoms with Gasteiger partial charge in [-0.3, -0.25) is 0 Å². The molecule has 0 bridgehead atoms. The van der Waals surface area contributed by atoms with Gasteiger partial charge in [0.1, 0.15) is 5.82 Å². The van der Waals surface area contributed by atoms with Gasteiger partial charge < -0.3 is 4.90 Å². The zero-order valence-corrected chi connectivity index (χ0v) is 12.0. The molecule has 0 unspecified atom stereocenters. The molecule has 0 amide bonds. The molecule has 0 saturated heterocycles. The maximum Gasteiger partial charge on any atom is 0.159 e. The Kier molecular flexibility index (Phi) is 4.73. The third-order valence-electron chi connectivity index (χ3n) is 2.63. The first-order valence-electron chi connectivity index (χ1n) is 6.02. The van der Waals surface area contributed by atoms with Crippen LogP contribution in [-0.4, -0.2) is 19.0 Å². The summed E-state index contributed by atoms with van der Waals surface area (Å²) >= 11 is 1.22. The summed E-state index contributed by atoms with van der Waals surface area (Å²) in [6.07, 6.45) is 0. The molecule has 0 saturated carbocycles. The van der Waals surface area contributed by atoms with Crippen molar-refractivity contribution in [3.63, 3.8) is 0 Å². The summed E-state index contributed by atoms with van der Waals surface area (Å²) in [7, 11) is 3.82. The van der Waals surface area contributed by atoms with Crippen LogP contribution in [0.1, 0.15) is 5.56 Å². The van der Waals surface area contributed by atoms with Crippen molar-refractivity contribution in [2.45, 2.75) is 16.3 Å². The molecule has 20 heavy (non-hydrogen) atoms. The molecule has 0 spiro atoms. The largest absolute Gasteiger partial charge is 0.305 e. The maximum absolute atomic E-state index is 13.4. The second kappa shape index (κ2) is 6.33. The van der Waals surface area contributed by atoms with E-state index in [4.69, 9.17) is 0 Å². The molecule has 0 heterocycles. The van der Waals surface area contributed by atoms with Gasteiger partial charge in [-0.1, -0.05) is 17.8 Å². The predicted octanol–water partition coefficient (Wildman–Crippen LogP) is 4.32. The van der Waals surface area contributed by atoms with Crippen molar-refractivity contribution in [2.24, 2.45) is 0 Å². The number of halogens is 3. The Labute approximate surface area is 120 Å². The lowest BCUT2D eigenvalue weighted by molar-refractivity contribution is 0.398. The quantitative estimate of drug-likeness (QED) is 0.827. The van der Waals surface area contributed by atoms with Crippen molar-refractivity contribution in [3.05, 3.63) is 59.4 Å². The van der Waals surface area contributed by atoms with Crippen LogP contribution in [-0.2, 0) is 6.54 Å². The molecule has 0 radical (unpaired) electrons. The minimum Gasteiger partial charge on any atom is -0.305 e. The Balaban J connectivity index is 2.31. The minimum absolute atomic E-state index is 0.349. The second-order valence-corrected chi connectivity index (χ2v) is 5.78. The molecule has 2 aromatic rings. The van der Waals surface area contributed by atoms with Crippen LogP contribution in [0, 0.1) is 17.5 Å². The normalized spacial score (nSPS) is 11.1. The third kappa shape index (κ3) is 3.77. The van der Waals surface area contributed by atoms with Crippen LogP contribution in [0.25, 0.3) is 0 Å². The summed E-state index contributed by atoms with van der Waals surface area (Å²) < 4.78 is 39.5. The zero-order chi connectivity index (χ0) is 14.7. The van der Waals surface area contributed by atoms with Gasteiger partial charge in [0.05, 0.1) is 0 Å². The predicted molar refractivity (Wildman–Crippen MR) is 74.3 cm³/mol. The van der Waals surface area contributed by atoms with E-state index >= 15 is 0 Å². The number of nitrogens with zero attached hydrogens (tertiary/aromatic N) is 1. The first kappa shape index (κ1) is 14.9. The molecule has 0 N–H and O–H groups in total. The van der Waals surface area contributed by atoms with E-state index in [2.05, 4.69) is 0 Å². The Morgan fingerprint density at radius 3 is 2.35 bits per heavy atom. The van der Waals surface area contributed by atoms with Crippen LogP contribution in [0.4, 0.5) is 13.2 Å². The van der Waals surface area contributed by atoms with E-state index in [0.29, 0.717) is 16.3 Å². The van der Waals surface area contributed by atoms with Crippen molar-refractivity contribution in [2.75, 3.05) is 14.1 Å². The molecule has 0 aromatic heterocycles. The maximum atomic E-state index is 13.4. The SMILES string of the molecule is CN(C)Cc1ccc(F)cc1Sc1ccc(F)c(F)c1. The Morgan fingerprint density at radius 2 is 1.70 bits per heavy atom. The molecule has 0 aliphatic carbocycles. The molecule has 5 heteroatoms. The molecular weight excluding hydrogens is 283 g/mol. The Bertz CT molecular complexity index is 614. The van der Waals surface area contributed by atoms with Gasteiger partial charge in [0, 0.05) is 16.3 Å². The van der Waals surface area contributed by atoms with Crippen LogP contribution < -0.4 is 0 Å². The van der Waals surface area contributed by atoms with Crippen LogP contribution in [0.2, 0.25) is 0 Å². The van der Waals surface area contributed by atoms with Gasteiger partial charge in [0.15, 0.2) is 11.6 Å². The summed E-state index contributed by atoms with van der Waals surface area (Å²) in [5, 5.41) is 0. The summed E-state index contributed by atoms with van der Waals surface area (Å²) in [6.45, 7) is 0.645. The highest BCUT2D eigenvalue weighted by molar-refractivity contribution is 7.99. The molecule has 0 atom stereocenters. The first-order chi connectivity index (χ1) is 9.45. The van der Waals surface area contributed by atoms with Gasteiger partial charge in [-0.15, -0.1) is 0 Å². The number of rotatable bonds is 4. The number of benzene rings is 2. The van der Waals surface area contributed by atoms with E-state index < -0.39 is 11.6 Å². The van der Waals surface area contributed by atoms with Gasteiger partial charge >= 0.3 is 0 Å². The van der Waals surface area contributed by atoms with Gasteiger partial charge in [-0.2, -0.15) is 0 Å². The highest BCUT2D eigenvalue weighted by Crippen LogP contribution is 2.32. The van der Waals surface area contributed by atoms with Crippen LogP contribution in [0.5, 0.6) is 0 Å². The van der Waals surface area contributed by atoms with Gasteiger partial charge in [0.2, 0.25) is 0 Å². The van der Waals surface area contributed by atoms with Crippen LogP contribution in [0.3, 0.4) is 0 Å². The van der Waals surface area contributed by atoms with Crippen LogP contribution in [0.15, 0.2) is 46.2 Å². The molecule has 0 fully saturated rings. The second-order valence-electron chi connectivity index (χ2n) is 4.67. The first-order valence-corrected chi connectivity index (χ1v) is 6.83. The summed E-state index contributed by atoms with van der Waals surface area (Å²) in [5.41, 5.74) is 0.936. The average molecular weight is 297 g/mol. The average Bonchev–Trinajstić information content (AvgIpc) is 2.37. The van der Waals surface area contributed by atoms with E-state index in [0.717, 1.165) is 17.7 Å². The highest BCUT2D eigenvalue weighted by Gasteiger charge is 2.09. The van der Waals surface area contributed by atoms with Crippen molar-refractivity contribution in [1.29, 1.82) is 0 Å². The van der Waals surface area contributed by atoms with Gasteiger partial charge in [0.25, 0.3) is 0 Å². The molecule has 0 aliphatic heterocycles. The fourth-order valence-electron chi connectivity index (χ4n) is 1.76. The topological polar surface area (TPSA) is 3.24 Å². The van der Waals surface area contributed by atoms with Crippen molar-refractivity contribution >= 4 is 11.8 Å². The number of hydrogen-bond acceptors (Lipinski definition) is 2. The molecule has 2 rings (SSSR count). The van der Waals surface area contributed by atoms with Crippen molar-refractivity contribution in [3.8, 4) is 0 Å². The van der Waals surface area contributed by atoms with E-state index in [1.807, 2.05) is 19.0 Å².